The number of benzene rings is 1. The predicted molar refractivity (Wildman–Crippen MR) is 98.0 cm³/mol. The van der Waals surface area contributed by atoms with E-state index < -0.39 is 17.6 Å². The Morgan fingerprint density at radius 2 is 1.85 bits per heavy atom. The van der Waals surface area contributed by atoms with Gasteiger partial charge in [0, 0.05) is 28.0 Å². The zero-order valence-electron chi connectivity index (χ0n) is 14.3. The van der Waals surface area contributed by atoms with Crippen LogP contribution in [0.2, 0.25) is 0 Å². The molecule has 0 unspecified atom stereocenters. The Balaban J connectivity index is 1.81. The fraction of sp³-hybridized carbons (Fsp3) is 0.235. The Morgan fingerprint density at radius 3 is 2.48 bits per heavy atom. The van der Waals surface area contributed by atoms with Gasteiger partial charge in [0.05, 0.1) is 11.3 Å². The highest BCUT2D eigenvalue weighted by Gasteiger charge is 2.34. The number of thiazole rings is 1. The van der Waals surface area contributed by atoms with E-state index in [1.807, 2.05) is 13.8 Å². The van der Waals surface area contributed by atoms with Crippen LogP contribution in [-0.4, -0.2) is 15.0 Å². The summed E-state index contributed by atoms with van der Waals surface area (Å²) in [6.45, 7) is 3.66. The van der Waals surface area contributed by atoms with E-state index in [1.165, 1.54) is 29.2 Å². The van der Waals surface area contributed by atoms with E-state index >= 15 is 0 Å². The first-order valence-corrected chi connectivity index (χ1v) is 9.51. The number of rotatable bonds is 4. The summed E-state index contributed by atoms with van der Waals surface area (Å²) in [6.07, 6.45) is -4.72. The number of hydrogen-bond donors (Lipinski definition) is 1. The van der Waals surface area contributed by atoms with Gasteiger partial charge < -0.3 is 5.73 Å². The topological polar surface area (TPSA) is 64.7 Å². The van der Waals surface area contributed by atoms with Crippen molar-refractivity contribution in [2.24, 2.45) is 0 Å². The molecule has 0 aliphatic heterocycles. The number of alkyl halides is 3. The summed E-state index contributed by atoms with van der Waals surface area (Å²) < 4.78 is 51.9. The van der Waals surface area contributed by atoms with Gasteiger partial charge in [0.15, 0.2) is 5.16 Å². The molecule has 0 radical (unpaired) electrons. The van der Waals surface area contributed by atoms with E-state index in [0.717, 1.165) is 28.4 Å². The highest BCUT2D eigenvalue weighted by molar-refractivity contribution is 7.98. The average molecular weight is 414 g/mol. The molecule has 10 heteroatoms. The van der Waals surface area contributed by atoms with Gasteiger partial charge in [0.2, 0.25) is 0 Å². The van der Waals surface area contributed by atoms with Gasteiger partial charge in [-0.15, -0.1) is 11.3 Å². The van der Waals surface area contributed by atoms with Gasteiger partial charge in [-0.3, -0.25) is 0 Å². The Morgan fingerprint density at radius 1 is 1.11 bits per heavy atom. The largest absolute Gasteiger partial charge is 0.419 e. The maximum absolute atomic E-state index is 13.8. The first-order chi connectivity index (χ1) is 12.6. The number of anilines is 1. The second-order valence-electron chi connectivity index (χ2n) is 5.72. The molecule has 2 aromatic heterocycles. The molecule has 0 aliphatic carbocycles. The molecular weight excluding hydrogens is 400 g/mol. The van der Waals surface area contributed by atoms with Gasteiger partial charge in [0.1, 0.15) is 16.6 Å². The van der Waals surface area contributed by atoms with E-state index in [0.29, 0.717) is 27.3 Å². The molecule has 0 fully saturated rings. The smallest absolute Gasteiger partial charge is 0.384 e. The maximum atomic E-state index is 13.8. The Labute approximate surface area is 160 Å². The molecule has 0 saturated heterocycles. The Kier molecular flexibility index (Phi) is 5.38. The van der Waals surface area contributed by atoms with E-state index in [4.69, 9.17) is 5.73 Å². The number of thioether (sulfide) groups is 1. The van der Waals surface area contributed by atoms with Crippen molar-refractivity contribution in [3.8, 4) is 10.6 Å². The lowest BCUT2D eigenvalue weighted by molar-refractivity contribution is -0.139. The number of nitrogen functional groups attached to an aromatic ring is 1. The molecule has 0 bridgehead atoms. The number of nitrogens with two attached hydrogens (primary N) is 1. The summed E-state index contributed by atoms with van der Waals surface area (Å²) in [5.74, 6) is -0.470. The van der Waals surface area contributed by atoms with Gasteiger partial charge in [0.25, 0.3) is 0 Å². The van der Waals surface area contributed by atoms with E-state index in [2.05, 4.69) is 15.0 Å². The van der Waals surface area contributed by atoms with Crippen LogP contribution in [0, 0.1) is 19.7 Å². The van der Waals surface area contributed by atoms with E-state index in [-0.39, 0.29) is 0 Å². The number of halogens is 4. The summed E-state index contributed by atoms with van der Waals surface area (Å²) in [6, 6.07) is 4.49. The van der Waals surface area contributed by atoms with Crippen molar-refractivity contribution in [2.75, 3.05) is 5.73 Å². The van der Waals surface area contributed by atoms with E-state index in [9.17, 15) is 17.6 Å². The molecule has 0 aliphatic rings. The first-order valence-electron chi connectivity index (χ1n) is 7.71. The van der Waals surface area contributed by atoms with Crippen LogP contribution in [0.15, 0.2) is 29.4 Å². The lowest BCUT2D eigenvalue weighted by atomic mass is 10.1. The third kappa shape index (κ3) is 4.56. The molecule has 27 heavy (non-hydrogen) atoms. The van der Waals surface area contributed by atoms with Gasteiger partial charge >= 0.3 is 6.18 Å². The molecule has 0 amide bonds. The monoisotopic (exact) mass is 414 g/mol. The fourth-order valence-corrected chi connectivity index (χ4v) is 4.27. The fourth-order valence-electron chi connectivity index (χ4n) is 2.33. The molecule has 0 atom stereocenters. The highest BCUT2D eigenvalue weighted by Crippen LogP contribution is 2.35. The summed E-state index contributed by atoms with van der Waals surface area (Å²) >= 11 is 2.65. The number of aromatic nitrogens is 3. The van der Waals surface area contributed by atoms with Crippen LogP contribution >= 0.6 is 23.1 Å². The standard InChI is InChI=1S/C17H14F4N4S2/c1-8-5-14(22)25-16(23-8)26-7-13-9(2)27-15(24-13)10-3-4-11(12(18)6-10)17(19,20)21/h3-6H,7H2,1-2H3,(H2,22,23,25). The quantitative estimate of drug-likeness (QED) is 0.359. The average Bonchev–Trinajstić information content (AvgIpc) is 2.92. The Hall–Kier alpha value is -2.20. The van der Waals surface area contributed by atoms with Gasteiger partial charge in [-0.1, -0.05) is 17.8 Å². The molecule has 0 saturated carbocycles. The minimum Gasteiger partial charge on any atom is -0.384 e. The van der Waals surface area contributed by atoms with Crippen LogP contribution in [0.25, 0.3) is 10.6 Å². The van der Waals surface area contributed by atoms with Gasteiger partial charge in [-0.2, -0.15) is 13.2 Å². The summed E-state index contributed by atoms with van der Waals surface area (Å²) in [7, 11) is 0. The highest BCUT2D eigenvalue weighted by atomic mass is 32.2. The van der Waals surface area contributed by atoms with Crippen LogP contribution < -0.4 is 5.73 Å². The first kappa shape index (κ1) is 19.6. The molecule has 142 valence electrons. The minimum absolute atomic E-state index is 0.306. The molecule has 4 nitrogen and oxygen atoms in total. The van der Waals surface area contributed by atoms with Crippen molar-refractivity contribution >= 4 is 28.9 Å². The van der Waals surface area contributed by atoms with E-state index in [1.54, 1.807) is 6.07 Å². The zero-order chi connectivity index (χ0) is 19.8. The number of nitrogens with zero attached hydrogens (tertiary/aromatic N) is 3. The summed E-state index contributed by atoms with van der Waals surface area (Å²) in [4.78, 5) is 13.7. The summed E-state index contributed by atoms with van der Waals surface area (Å²) in [5, 5.41) is 0.974. The van der Waals surface area contributed by atoms with Gasteiger partial charge in [-0.25, -0.2) is 19.3 Å². The summed E-state index contributed by atoms with van der Waals surface area (Å²) in [5.41, 5.74) is 6.21. The second-order valence-corrected chi connectivity index (χ2v) is 7.87. The van der Waals surface area contributed by atoms with Crippen molar-refractivity contribution in [3.05, 3.63) is 51.9 Å². The van der Waals surface area contributed by atoms with Crippen molar-refractivity contribution in [1.29, 1.82) is 0 Å². The molecular formula is C17H14F4N4S2. The predicted octanol–water partition coefficient (Wildman–Crippen LogP) is 5.25. The van der Waals surface area contributed by atoms with Crippen molar-refractivity contribution in [1.82, 2.24) is 15.0 Å². The van der Waals surface area contributed by atoms with Crippen LogP contribution in [-0.2, 0) is 11.9 Å². The third-order valence-corrected chi connectivity index (χ3v) is 5.53. The Bertz CT molecular complexity index is 965. The van der Waals surface area contributed by atoms with Crippen LogP contribution in [0.3, 0.4) is 0 Å². The number of hydrogen-bond acceptors (Lipinski definition) is 6. The lowest BCUT2D eigenvalue weighted by Gasteiger charge is -2.08. The van der Waals surface area contributed by atoms with Crippen molar-refractivity contribution in [3.63, 3.8) is 0 Å². The minimum atomic E-state index is -4.72. The molecule has 3 rings (SSSR count). The maximum Gasteiger partial charge on any atom is 0.419 e. The van der Waals surface area contributed by atoms with Crippen molar-refractivity contribution < 1.29 is 17.6 Å². The molecule has 2 N–H and O–H groups in total. The number of aryl methyl sites for hydroxylation is 2. The normalized spacial score (nSPS) is 11.8. The second kappa shape index (κ2) is 7.43. The SMILES string of the molecule is Cc1cc(N)nc(SCc2nc(-c3ccc(C(F)(F)F)c(F)c3)sc2C)n1. The van der Waals surface area contributed by atoms with Crippen LogP contribution in [0.1, 0.15) is 21.8 Å². The van der Waals surface area contributed by atoms with Crippen LogP contribution in [0.4, 0.5) is 23.4 Å². The molecule has 1 aromatic carbocycles. The zero-order valence-corrected chi connectivity index (χ0v) is 15.9. The molecule has 3 aromatic rings. The molecule has 0 spiro atoms. The third-order valence-electron chi connectivity index (χ3n) is 3.61. The van der Waals surface area contributed by atoms with Gasteiger partial charge in [-0.05, 0) is 26.0 Å². The van der Waals surface area contributed by atoms with Crippen molar-refractivity contribution in [2.45, 2.75) is 30.9 Å². The molecule has 2 heterocycles. The van der Waals surface area contributed by atoms with Crippen LogP contribution in [0.5, 0.6) is 0 Å². The lowest BCUT2D eigenvalue weighted by Crippen LogP contribution is -2.07.